The monoisotopic (exact) mass is 392 g/mol. The number of hydrogen-bond donors (Lipinski definition) is 2. The van der Waals surface area contributed by atoms with Crippen LogP contribution in [0.4, 0.5) is 18.9 Å². The standard InChI is InChI=1S/C16H11F3N6OS/c1-8-12(13(24-23-8)16(17,18)19)22-15(26)9-7-21-25-10(4-5-20-14(9)25)11-3-2-6-27-11/h2-7H,1H3,(H,22,26)(H,23,24). The fraction of sp³-hybridized carbons (Fsp3) is 0.125. The topological polar surface area (TPSA) is 88.0 Å². The van der Waals surface area contributed by atoms with E-state index in [9.17, 15) is 18.0 Å². The number of H-pyrrole nitrogens is 1. The molecule has 2 N–H and O–H groups in total. The number of aryl methyl sites for hydroxylation is 1. The summed E-state index contributed by atoms with van der Waals surface area (Å²) < 4.78 is 40.6. The first-order valence-corrected chi connectivity index (χ1v) is 8.54. The molecule has 0 saturated carbocycles. The number of amides is 1. The first-order chi connectivity index (χ1) is 12.9. The molecule has 27 heavy (non-hydrogen) atoms. The normalized spacial score (nSPS) is 11.9. The van der Waals surface area contributed by atoms with Gasteiger partial charge < -0.3 is 5.32 Å². The van der Waals surface area contributed by atoms with Gasteiger partial charge in [0.25, 0.3) is 5.91 Å². The van der Waals surface area contributed by atoms with Gasteiger partial charge in [-0.15, -0.1) is 11.3 Å². The molecule has 0 saturated heterocycles. The van der Waals surface area contributed by atoms with Crippen molar-refractivity contribution in [2.24, 2.45) is 0 Å². The number of hydrogen-bond acceptors (Lipinski definition) is 5. The van der Waals surface area contributed by atoms with Gasteiger partial charge in [0.05, 0.1) is 28.1 Å². The van der Waals surface area contributed by atoms with Crippen LogP contribution in [0, 0.1) is 6.92 Å². The van der Waals surface area contributed by atoms with Crippen molar-refractivity contribution >= 4 is 28.6 Å². The second-order valence-electron chi connectivity index (χ2n) is 5.63. The highest BCUT2D eigenvalue weighted by Crippen LogP contribution is 2.35. The molecule has 0 atom stereocenters. The summed E-state index contributed by atoms with van der Waals surface area (Å²) in [6, 6.07) is 5.52. The van der Waals surface area contributed by atoms with Crippen LogP contribution in [-0.4, -0.2) is 30.7 Å². The van der Waals surface area contributed by atoms with Gasteiger partial charge in [-0.1, -0.05) is 6.07 Å². The highest BCUT2D eigenvalue weighted by molar-refractivity contribution is 7.13. The zero-order valence-electron chi connectivity index (χ0n) is 13.7. The van der Waals surface area contributed by atoms with Gasteiger partial charge in [-0.25, -0.2) is 9.50 Å². The second kappa shape index (κ2) is 6.20. The molecule has 138 valence electrons. The highest BCUT2D eigenvalue weighted by atomic mass is 32.1. The Morgan fingerprint density at radius 2 is 2.15 bits per heavy atom. The summed E-state index contributed by atoms with van der Waals surface area (Å²) in [5.41, 5.74) is -0.475. The van der Waals surface area contributed by atoms with Crippen molar-refractivity contribution in [2.75, 3.05) is 5.32 Å². The Hall–Kier alpha value is -3.21. The van der Waals surface area contributed by atoms with Gasteiger partial charge in [0.15, 0.2) is 11.3 Å². The fourth-order valence-electron chi connectivity index (χ4n) is 2.63. The van der Waals surface area contributed by atoms with Gasteiger partial charge in [0.2, 0.25) is 0 Å². The number of carbonyl (C=O) groups is 1. The number of thiophene rings is 1. The first kappa shape index (κ1) is 17.2. The molecular weight excluding hydrogens is 381 g/mol. The van der Waals surface area contributed by atoms with E-state index in [-0.39, 0.29) is 16.9 Å². The summed E-state index contributed by atoms with van der Waals surface area (Å²) in [7, 11) is 0. The minimum Gasteiger partial charge on any atom is -0.318 e. The molecule has 4 rings (SSSR count). The van der Waals surface area contributed by atoms with Crippen LogP contribution in [0.5, 0.6) is 0 Å². The van der Waals surface area contributed by atoms with E-state index in [0.29, 0.717) is 0 Å². The Labute approximate surface area is 153 Å². The largest absolute Gasteiger partial charge is 0.437 e. The van der Waals surface area contributed by atoms with Crippen LogP contribution in [-0.2, 0) is 6.18 Å². The Morgan fingerprint density at radius 3 is 2.85 bits per heavy atom. The minimum atomic E-state index is -4.70. The summed E-state index contributed by atoms with van der Waals surface area (Å²) in [5.74, 6) is -0.754. The second-order valence-corrected chi connectivity index (χ2v) is 6.57. The lowest BCUT2D eigenvalue weighted by Gasteiger charge is -2.08. The molecule has 4 aromatic heterocycles. The summed E-state index contributed by atoms with van der Waals surface area (Å²) in [6.45, 7) is 1.39. The van der Waals surface area contributed by atoms with E-state index in [1.807, 2.05) is 17.5 Å². The SMILES string of the molecule is Cc1[nH]nc(C(F)(F)F)c1NC(=O)c1cnn2c(-c3cccs3)ccnc12. The number of fused-ring (bicyclic) bond motifs is 1. The van der Waals surface area contributed by atoms with E-state index < -0.39 is 23.5 Å². The van der Waals surface area contributed by atoms with E-state index in [2.05, 4.69) is 25.6 Å². The molecule has 11 heteroatoms. The number of aromatic nitrogens is 5. The van der Waals surface area contributed by atoms with Crippen LogP contribution in [0.3, 0.4) is 0 Å². The summed E-state index contributed by atoms with van der Waals surface area (Å²) >= 11 is 1.49. The van der Waals surface area contributed by atoms with Crippen molar-refractivity contribution in [3.8, 4) is 10.6 Å². The Bertz CT molecular complexity index is 1130. The van der Waals surface area contributed by atoms with Crippen molar-refractivity contribution < 1.29 is 18.0 Å². The molecule has 0 spiro atoms. The van der Waals surface area contributed by atoms with Gasteiger partial charge in [-0.3, -0.25) is 9.89 Å². The van der Waals surface area contributed by atoms with Crippen LogP contribution in [0.25, 0.3) is 16.2 Å². The van der Waals surface area contributed by atoms with Gasteiger partial charge in [0, 0.05) is 6.20 Å². The van der Waals surface area contributed by atoms with E-state index >= 15 is 0 Å². The lowest BCUT2D eigenvalue weighted by molar-refractivity contribution is -0.140. The molecule has 0 fully saturated rings. The maximum Gasteiger partial charge on any atom is 0.437 e. The molecule has 0 radical (unpaired) electrons. The third kappa shape index (κ3) is 2.95. The molecule has 0 aromatic carbocycles. The van der Waals surface area contributed by atoms with E-state index in [1.165, 1.54) is 35.2 Å². The average molecular weight is 392 g/mol. The third-order valence-electron chi connectivity index (χ3n) is 3.87. The van der Waals surface area contributed by atoms with Crippen molar-refractivity contribution in [3.05, 3.63) is 52.9 Å². The Kier molecular flexibility index (Phi) is 3.95. The van der Waals surface area contributed by atoms with Gasteiger partial charge >= 0.3 is 6.18 Å². The number of nitrogens with zero attached hydrogens (tertiary/aromatic N) is 4. The maximum atomic E-state index is 13.1. The molecule has 0 bridgehead atoms. The van der Waals surface area contributed by atoms with Gasteiger partial charge in [0.1, 0.15) is 5.56 Å². The number of anilines is 1. The van der Waals surface area contributed by atoms with Crippen LogP contribution >= 0.6 is 11.3 Å². The molecule has 0 unspecified atom stereocenters. The van der Waals surface area contributed by atoms with Crippen molar-refractivity contribution in [2.45, 2.75) is 13.1 Å². The van der Waals surface area contributed by atoms with Crippen LogP contribution in [0.15, 0.2) is 36.0 Å². The maximum absolute atomic E-state index is 13.1. The fourth-order valence-corrected chi connectivity index (χ4v) is 3.37. The lowest BCUT2D eigenvalue weighted by atomic mass is 10.2. The summed E-state index contributed by atoms with van der Waals surface area (Å²) in [5, 5.41) is 13.8. The average Bonchev–Trinajstić information content (AvgIpc) is 3.34. The predicted octanol–water partition coefficient (Wildman–Crippen LogP) is 3.76. The van der Waals surface area contributed by atoms with Crippen LogP contribution in [0.2, 0.25) is 0 Å². The van der Waals surface area contributed by atoms with Gasteiger partial charge in [-0.2, -0.15) is 23.4 Å². The smallest absolute Gasteiger partial charge is 0.318 e. The lowest BCUT2D eigenvalue weighted by Crippen LogP contribution is -2.16. The zero-order chi connectivity index (χ0) is 19.2. The summed E-state index contributed by atoms with van der Waals surface area (Å²) in [4.78, 5) is 17.7. The molecule has 0 aliphatic carbocycles. The molecule has 7 nitrogen and oxygen atoms in total. The zero-order valence-corrected chi connectivity index (χ0v) is 14.5. The Morgan fingerprint density at radius 1 is 1.33 bits per heavy atom. The minimum absolute atomic E-state index is 0.0575. The number of carbonyl (C=O) groups excluding carboxylic acids is 1. The summed E-state index contributed by atoms with van der Waals surface area (Å²) in [6.07, 6.45) is -1.90. The quantitative estimate of drug-likeness (QED) is 0.556. The molecule has 0 aliphatic heterocycles. The third-order valence-corrected chi connectivity index (χ3v) is 4.77. The number of halogens is 3. The number of rotatable bonds is 3. The molecular formula is C16H11F3N6OS. The number of alkyl halides is 3. The number of aromatic amines is 1. The molecule has 4 aromatic rings. The van der Waals surface area contributed by atoms with E-state index in [4.69, 9.17) is 0 Å². The molecule has 4 heterocycles. The Balaban J connectivity index is 1.73. The molecule has 1 amide bonds. The van der Waals surface area contributed by atoms with Crippen LogP contribution in [0.1, 0.15) is 21.7 Å². The van der Waals surface area contributed by atoms with Gasteiger partial charge in [-0.05, 0) is 24.4 Å². The van der Waals surface area contributed by atoms with Crippen molar-refractivity contribution in [1.82, 2.24) is 24.8 Å². The van der Waals surface area contributed by atoms with Crippen molar-refractivity contribution in [1.29, 1.82) is 0 Å². The van der Waals surface area contributed by atoms with E-state index in [1.54, 1.807) is 6.07 Å². The molecule has 0 aliphatic rings. The first-order valence-electron chi connectivity index (χ1n) is 7.66. The number of nitrogens with one attached hydrogen (secondary N) is 2. The van der Waals surface area contributed by atoms with E-state index in [0.717, 1.165) is 10.6 Å². The predicted molar refractivity (Wildman–Crippen MR) is 92.6 cm³/mol. The van der Waals surface area contributed by atoms with Crippen LogP contribution < -0.4 is 5.32 Å². The van der Waals surface area contributed by atoms with Crippen molar-refractivity contribution in [3.63, 3.8) is 0 Å². The highest BCUT2D eigenvalue weighted by Gasteiger charge is 2.38.